The predicted molar refractivity (Wildman–Crippen MR) is 71.5 cm³/mol. The molecule has 0 saturated heterocycles. The van der Waals surface area contributed by atoms with Crippen molar-refractivity contribution in [2.45, 2.75) is 18.5 Å². The van der Waals surface area contributed by atoms with E-state index < -0.39 is 5.97 Å². The van der Waals surface area contributed by atoms with E-state index in [9.17, 15) is 9.90 Å². The first-order valence-electron chi connectivity index (χ1n) is 5.87. The van der Waals surface area contributed by atoms with Gasteiger partial charge in [0.25, 0.3) is 0 Å². The number of rotatable bonds is 5. The van der Waals surface area contributed by atoms with Crippen LogP contribution in [0.5, 0.6) is 0 Å². The lowest BCUT2D eigenvalue weighted by Gasteiger charge is -2.05. The summed E-state index contributed by atoms with van der Waals surface area (Å²) in [5.74, 6) is 0.163. The van der Waals surface area contributed by atoms with Crippen LogP contribution in [0.3, 0.4) is 0 Å². The minimum atomic E-state index is -1.05. The Balaban J connectivity index is 2.16. The van der Waals surface area contributed by atoms with E-state index in [0.29, 0.717) is 10.9 Å². The minimum absolute atomic E-state index is 0.0112. The van der Waals surface area contributed by atoms with Crippen molar-refractivity contribution in [1.82, 2.24) is 14.8 Å². The van der Waals surface area contributed by atoms with E-state index >= 15 is 0 Å². The third-order valence-corrected chi connectivity index (χ3v) is 3.67. The van der Waals surface area contributed by atoms with Gasteiger partial charge in [-0.1, -0.05) is 35.5 Å². The molecule has 1 aromatic carbocycles. The highest BCUT2D eigenvalue weighted by atomic mass is 32.2. The fraction of sp³-hybridized carbons (Fsp3) is 0.308. The SMILES string of the molecule is Cc1cccc(-c2nnc(SCCC(=O)[O-])n2C)c1. The molecule has 0 fully saturated rings. The van der Waals surface area contributed by atoms with Gasteiger partial charge in [-0.25, -0.2) is 0 Å². The molecule has 0 N–H and O–H groups in total. The van der Waals surface area contributed by atoms with Gasteiger partial charge in [-0.15, -0.1) is 10.2 Å². The van der Waals surface area contributed by atoms with Gasteiger partial charge in [-0.3, -0.25) is 0 Å². The molecule has 1 aromatic heterocycles. The standard InChI is InChI=1S/C13H15N3O2S/c1-9-4-3-5-10(8-9)12-14-15-13(16(12)2)19-7-6-11(17)18/h3-5,8H,6-7H2,1-2H3,(H,17,18)/p-1. The van der Waals surface area contributed by atoms with Gasteiger partial charge in [-0.05, 0) is 19.4 Å². The van der Waals surface area contributed by atoms with E-state index in [1.165, 1.54) is 11.8 Å². The summed E-state index contributed by atoms with van der Waals surface area (Å²) in [7, 11) is 1.87. The summed E-state index contributed by atoms with van der Waals surface area (Å²) in [5.41, 5.74) is 2.16. The predicted octanol–water partition coefficient (Wildman–Crippen LogP) is 1.02. The summed E-state index contributed by atoms with van der Waals surface area (Å²) in [6.45, 7) is 2.02. The number of hydrogen-bond acceptors (Lipinski definition) is 5. The number of carbonyl (C=O) groups is 1. The van der Waals surface area contributed by atoms with Gasteiger partial charge >= 0.3 is 0 Å². The molecule has 0 spiro atoms. The van der Waals surface area contributed by atoms with Crippen LogP contribution in [-0.2, 0) is 11.8 Å². The maximum atomic E-state index is 10.4. The zero-order chi connectivity index (χ0) is 13.8. The second-order valence-electron chi connectivity index (χ2n) is 4.21. The lowest BCUT2D eigenvalue weighted by molar-refractivity contribution is -0.305. The Morgan fingerprint density at radius 3 is 2.89 bits per heavy atom. The number of aromatic nitrogens is 3. The quantitative estimate of drug-likeness (QED) is 0.763. The molecular weight excluding hydrogens is 262 g/mol. The number of carboxylic acids is 1. The molecule has 0 radical (unpaired) electrons. The monoisotopic (exact) mass is 276 g/mol. The fourth-order valence-corrected chi connectivity index (χ4v) is 2.53. The maximum absolute atomic E-state index is 10.4. The number of benzene rings is 1. The van der Waals surface area contributed by atoms with Crippen LogP contribution in [0.15, 0.2) is 29.4 Å². The van der Waals surface area contributed by atoms with E-state index in [1.807, 2.05) is 42.8 Å². The van der Waals surface area contributed by atoms with Gasteiger partial charge in [-0.2, -0.15) is 0 Å². The molecule has 2 rings (SSSR count). The van der Waals surface area contributed by atoms with Crippen molar-refractivity contribution in [3.8, 4) is 11.4 Å². The van der Waals surface area contributed by atoms with Crippen molar-refractivity contribution in [3.63, 3.8) is 0 Å². The summed E-state index contributed by atoms with van der Waals surface area (Å²) in [6.07, 6.45) is 0.0112. The van der Waals surface area contributed by atoms with E-state index in [1.54, 1.807) is 0 Å². The van der Waals surface area contributed by atoms with Crippen LogP contribution in [0.2, 0.25) is 0 Å². The maximum Gasteiger partial charge on any atom is 0.191 e. The van der Waals surface area contributed by atoms with Crippen LogP contribution in [0.4, 0.5) is 0 Å². The molecular formula is C13H14N3O2S-. The Labute approximate surface area is 115 Å². The average Bonchev–Trinajstić information content (AvgIpc) is 2.71. The van der Waals surface area contributed by atoms with Gasteiger partial charge in [0, 0.05) is 24.3 Å². The number of hydrogen-bond donors (Lipinski definition) is 0. The zero-order valence-electron chi connectivity index (χ0n) is 10.8. The van der Waals surface area contributed by atoms with Crippen molar-refractivity contribution in [3.05, 3.63) is 29.8 Å². The number of aliphatic carboxylic acids is 1. The Hall–Kier alpha value is -1.82. The van der Waals surface area contributed by atoms with Crippen molar-refractivity contribution in [1.29, 1.82) is 0 Å². The molecule has 100 valence electrons. The Morgan fingerprint density at radius 2 is 2.21 bits per heavy atom. The normalized spacial score (nSPS) is 10.6. The number of thioether (sulfide) groups is 1. The molecule has 19 heavy (non-hydrogen) atoms. The summed E-state index contributed by atoms with van der Waals surface area (Å²) in [5, 5.41) is 19.3. The number of aryl methyl sites for hydroxylation is 1. The number of carbonyl (C=O) groups excluding carboxylic acids is 1. The first-order chi connectivity index (χ1) is 9.08. The number of carboxylic acid groups (broad SMARTS) is 1. The molecule has 0 aliphatic rings. The van der Waals surface area contributed by atoms with Gasteiger partial charge in [0.2, 0.25) is 0 Å². The van der Waals surface area contributed by atoms with E-state index in [4.69, 9.17) is 0 Å². The second-order valence-corrected chi connectivity index (χ2v) is 5.27. The second kappa shape index (κ2) is 5.88. The highest BCUT2D eigenvalue weighted by molar-refractivity contribution is 7.99. The average molecular weight is 276 g/mol. The first-order valence-corrected chi connectivity index (χ1v) is 6.85. The molecule has 0 saturated carbocycles. The van der Waals surface area contributed by atoms with E-state index in [-0.39, 0.29) is 6.42 Å². The van der Waals surface area contributed by atoms with E-state index in [0.717, 1.165) is 17.0 Å². The highest BCUT2D eigenvalue weighted by Gasteiger charge is 2.10. The largest absolute Gasteiger partial charge is 0.550 e. The smallest absolute Gasteiger partial charge is 0.191 e. The van der Waals surface area contributed by atoms with Crippen LogP contribution in [-0.4, -0.2) is 26.5 Å². The third kappa shape index (κ3) is 3.35. The van der Waals surface area contributed by atoms with E-state index in [2.05, 4.69) is 10.2 Å². The van der Waals surface area contributed by atoms with Gasteiger partial charge in [0.05, 0.1) is 0 Å². The van der Waals surface area contributed by atoms with Crippen LogP contribution >= 0.6 is 11.8 Å². The van der Waals surface area contributed by atoms with Gasteiger partial charge in [0.15, 0.2) is 11.0 Å². The highest BCUT2D eigenvalue weighted by Crippen LogP contribution is 2.23. The minimum Gasteiger partial charge on any atom is -0.550 e. The van der Waals surface area contributed by atoms with Gasteiger partial charge < -0.3 is 14.5 Å². The van der Waals surface area contributed by atoms with Crippen molar-refractivity contribution in [2.75, 3.05) is 5.75 Å². The molecule has 0 amide bonds. The summed E-state index contributed by atoms with van der Waals surface area (Å²) >= 11 is 1.36. The Bertz CT molecular complexity index is 595. The number of nitrogens with zero attached hydrogens (tertiary/aromatic N) is 3. The van der Waals surface area contributed by atoms with Crippen molar-refractivity contribution >= 4 is 17.7 Å². The Kier molecular flexibility index (Phi) is 4.21. The van der Waals surface area contributed by atoms with Crippen LogP contribution < -0.4 is 5.11 Å². The molecule has 0 bridgehead atoms. The summed E-state index contributed by atoms with van der Waals surface area (Å²) in [6, 6.07) is 8.02. The van der Waals surface area contributed by atoms with Gasteiger partial charge in [0.1, 0.15) is 0 Å². The third-order valence-electron chi connectivity index (χ3n) is 2.65. The molecule has 5 nitrogen and oxygen atoms in total. The van der Waals surface area contributed by atoms with Crippen molar-refractivity contribution in [2.24, 2.45) is 7.05 Å². The lowest BCUT2D eigenvalue weighted by Crippen LogP contribution is -2.22. The molecule has 6 heteroatoms. The molecule has 2 aromatic rings. The molecule has 1 heterocycles. The Morgan fingerprint density at radius 1 is 1.42 bits per heavy atom. The fourth-order valence-electron chi connectivity index (χ4n) is 1.70. The van der Waals surface area contributed by atoms with Crippen LogP contribution in [0.25, 0.3) is 11.4 Å². The first kappa shape index (κ1) is 13.6. The summed E-state index contributed by atoms with van der Waals surface area (Å²) < 4.78 is 1.87. The lowest BCUT2D eigenvalue weighted by atomic mass is 10.1. The van der Waals surface area contributed by atoms with Crippen LogP contribution in [0, 0.1) is 6.92 Å². The molecule has 0 aliphatic carbocycles. The molecule has 0 aliphatic heterocycles. The topological polar surface area (TPSA) is 70.8 Å². The molecule has 0 unspecified atom stereocenters. The summed E-state index contributed by atoms with van der Waals surface area (Å²) in [4.78, 5) is 10.4. The molecule has 0 atom stereocenters. The van der Waals surface area contributed by atoms with Crippen molar-refractivity contribution < 1.29 is 9.90 Å². The van der Waals surface area contributed by atoms with Crippen LogP contribution in [0.1, 0.15) is 12.0 Å². The zero-order valence-corrected chi connectivity index (χ0v) is 11.6.